The summed E-state index contributed by atoms with van der Waals surface area (Å²) in [6.07, 6.45) is -10.2. The molecule has 2 nitrogen and oxygen atoms in total. The smallest absolute Gasteiger partial charge is 0.405 e. The molecule has 0 atom stereocenters. The molecule has 0 amide bonds. The van der Waals surface area contributed by atoms with E-state index in [-0.39, 0.29) is 4.47 Å². The Kier molecular flexibility index (Phi) is 3.94. The molecule has 0 saturated heterocycles. The molecule has 0 aromatic heterocycles. The first kappa shape index (κ1) is 14.8. The Hall–Kier alpha value is -1.25. The average molecular weight is 337 g/mol. The van der Waals surface area contributed by atoms with E-state index in [1.807, 2.05) is 0 Å². The van der Waals surface area contributed by atoms with Crippen LogP contribution in [0.25, 0.3) is 0 Å². The second-order valence-corrected chi connectivity index (χ2v) is 3.87. The Labute approximate surface area is 105 Å². The van der Waals surface area contributed by atoms with Crippen molar-refractivity contribution in [2.75, 3.05) is 0 Å². The van der Waals surface area contributed by atoms with Gasteiger partial charge in [-0.1, -0.05) is 0 Å². The molecule has 0 radical (unpaired) electrons. The van der Waals surface area contributed by atoms with Crippen LogP contribution in [0.2, 0.25) is 0 Å². The van der Waals surface area contributed by atoms with Crippen LogP contribution in [0.3, 0.4) is 0 Å². The van der Waals surface area contributed by atoms with Gasteiger partial charge < -0.3 is 4.74 Å². The van der Waals surface area contributed by atoms with Gasteiger partial charge in [0.05, 0.1) is 4.47 Å². The lowest BCUT2D eigenvalue weighted by atomic mass is 10.1. The number of alkyl halides is 6. The van der Waals surface area contributed by atoms with Crippen molar-refractivity contribution in [2.24, 2.45) is 0 Å². The van der Waals surface area contributed by atoms with Crippen molar-refractivity contribution in [2.45, 2.75) is 12.5 Å². The molecule has 1 rings (SSSR count). The maximum atomic E-state index is 12.1. The second kappa shape index (κ2) is 4.79. The molecule has 0 unspecified atom stereocenters. The minimum Gasteiger partial charge on any atom is -0.405 e. The van der Waals surface area contributed by atoms with E-state index in [2.05, 4.69) is 20.7 Å². The Bertz CT molecular complexity index is 465. The van der Waals surface area contributed by atoms with E-state index in [1.54, 1.807) is 0 Å². The summed E-state index contributed by atoms with van der Waals surface area (Å²) in [5, 5.41) is 0. The topological polar surface area (TPSA) is 26.3 Å². The molecule has 0 aliphatic carbocycles. The van der Waals surface area contributed by atoms with Crippen molar-refractivity contribution in [3.05, 3.63) is 28.2 Å². The number of carbonyl (C=O) groups excluding carboxylic acids is 1. The Balaban J connectivity index is 3.13. The fraction of sp³-hybridized carbons (Fsp3) is 0.222. The van der Waals surface area contributed by atoms with Crippen LogP contribution in [0.1, 0.15) is 10.4 Å². The molecule has 0 bridgehead atoms. The quantitative estimate of drug-likeness (QED) is 0.600. The third kappa shape index (κ3) is 3.90. The molecule has 0 spiro atoms. The maximum absolute atomic E-state index is 12.1. The van der Waals surface area contributed by atoms with Crippen LogP contribution >= 0.6 is 15.9 Å². The highest BCUT2D eigenvalue weighted by Crippen LogP contribution is 2.33. The minimum atomic E-state index is -5.16. The SMILES string of the molecule is O=C(c1ccc(Br)c(OC(F)(F)F)c1)C(F)(F)F. The zero-order valence-corrected chi connectivity index (χ0v) is 9.78. The van der Waals surface area contributed by atoms with Crippen molar-refractivity contribution in [3.8, 4) is 5.75 Å². The van der Waals surface area contributed by atoms with Gasteiger partial charge in [-0.25, -0.2) is 0 Å². The van der Waals surface area contributed by atoms with Crippen molar-refractivity contribution in [1.82, 2.24) is 0 Å². The number of Topliss-reactive ketones (excluding diaryl/α,β-unsaturated/α-hetero) is 1. The highest BCUT2D eigenvalue weighted by atomic mass is 79.9. The summed E-state index contributed by atoms with van der Waals surface area (Å²) >= 11 is 2.67. The summed E-state index contributed by atoms with van der Waals surface area (Å²) in [5.74, 6) is -3.17. The van der Waals surface area contributed by atoms with E-state index in [1.165, 1.54) is 0 Å². The Morgan fingerprint density at radius 1 is 1.11 bits per heavy atom. The molecule has 100 valence electrons. The standard InChI is InChI=1S/C9H3BrF6O2/c10-5-2-1-4(7(17)8(11,12)13)3-6(5)18-9(14,15)16/h1-3H. The van der Waals surface area contributed by atoms with Crippen LogP contribution in [0.5, 0.6) is 5.75 Å². The number of halogens is 7. The summed E-state index contributed by atoms with van der Waals surface area (Å²) in [6, 6.07) is 1.97. The number of ether oxygens (including phenoxy) is 1. The molecule has 0 heterocycles. The molecule has 0 saturated carbocycles. The van der Waals surface area contributed by atoms with Gasteiger partial charge in [0.15, 0.2) is 0 Å². The number of benzene rings is 1. The number of hydrogen-bond donors (Lipinski definition) is 0. The molecule has 18 heavy (non-hydrogen) atoms. The zero-order chi connectivity index (χ0) is 14.1. The third-order valence-electron chi connectivity index (χ3n) is 1.68. The van der Waals surface area contributed by atoms with Crippen molar-refractivity contribution in [3.63, 3.8) is 0 Å². The molecule has 1 aromatic carbocycles. The van der Waals surface area contributed by atoms with E-state index in [4.69, 9.17) is 0 Å². The fourth-order valence-electron chi connectivity index (χ4n) is 1.01. The molecule has 0 aliphatic heterocycles. The number of ketones is 1. The van der Waals surface area contributed by atoms with Gasteiger partial charge in [-0.2, -0.15) is 13.2 Å². The van der Waals surface area contributed by atoms with Crippen LogP contribution in [0.4, 0.5) is 26.3 Å². The summed E-state index contributed by atoms with van der Waals surface area (Å²) < 4.78 is 75.3. The van der Waals surface area contributed by atoms with Crippen LogP contribution in [-0.4, -0.2) is 18.3 Å². The molecule has 0 aliphatic rings. The highest BCUT2D eigenvalue weighted by molar-refractivity contribution is 9.10. The van der Waals surface area contributed by atoms with Gasteiger partial charge in [0.1, 0.15) is 5.75 Å². The van der Waals surface area contributed by atoms with Crippen LogP contribution in [-0.2, 0) is 0 Å². The van der Waals surface area contributed by atoms with Crippen molar-refractivity contribution >= 4 is 21.7 Å². The van der Waals surface area contributed by atoms with Crippen LogP contribution in [0.15, 0.2) is 22.7 Å². The largest absolute Gasteiger partial charge is 0.573 e. The van der Waals surface area contributed by atoms with Gasteiger partial charge >= 0.3 is 12.5 Å². The van der Waals surface area contributed by atoms with E-state index in [9.17, 15) is 31.1 Å². The first-order valence-corrected chi connectivity index (χ1v) is 4.97. The van der Waals surface area contributed by atoms with Crippen molar-refractivity contribution < 1.29 is 35.9 Å². The fourth-order valence-corrected chi connectivity index (χ4v) is 1.34. The molecule has 1 aromatic rings. The maximum Gasteiger partial charge on any atom is 0.573 e. The number of rotatable bonds is 2. The van der Waals surface area contributed by atoms with Gasteiger partial charge in [-0.15, -0.1) is 13.2 Å². The molecule has 0 N–H and O–H groups in total. The summed E-state index contributed by atoms with van der Waals surface area (Å²) in [6.45, 7) is 0. The summed E-state index contributed by atoms with van der Waals surface area (Å²) in [7, 11) is 0. The number of carbonyl (C=O) groups is 1. The van der Waals surface area contributed by atoms with Gasteiger partial charge in [0.25, 0.3) is 5.78 Å². The minimum absolute atomic E-state index is 0.224. The lowest BCUT2D eigenvalue weighted by molar-refractivity contribution is -0.274. The van der Waals surface area contributed by atoms with E-state index in [0.717, 1.165) is 12.1 Å². The first-order valence-electron chi connectivity index (χ1n) is 4.17. The van der Waals surface area contributed by atoms with Gasteiger partial charge in [0, 0.05) is 5.56 Å². The van der Waals surface area contributed by atoms with Crippen LogP contribution < -0.4 is 4.74 Å². The van der Waals surface area contributed by atoms with Crippen molar-refractivity contribution in [1.29, 1.82) is 0 Å². The van der Waals surface area contributed by atoms with Gasteiger partial charge in [-0.3, -0.25) is 4.79 Å². The Morgan fingerprint density at radius 3 is 2.11 bits per heavy atom. The lowest BCUT2D eigenvalue weighted by Gasteiger charge is -2.12. The van der Waals surface area contributed by atoms with Crippen LogP contribution in [0, 0.1) is 0 Å². The van der Waals surface area contributed by atoms with Gasteiger partial charge in [-0.05, 0) is 34.1 Å². The predicted octanol–water partition coefficient (Wildman–Crippen LogP) is 4.09. The molecule has 9 heteroatoms. The predicted molar refractivity (Wildman–Crippen MR) is 51.2 cm³/mol. The van der Waals surface area contributed by atoms with E-state index >= 15 is 0 Å². The first-order chi connectivity index (χ1) is 8.00. The average Bonchev–Trinajstić information content (AvgIpc) is 2.17. The molecule has 0 fully saturated rings. The number of hydrogen-bond acceptors (Lipinski definition) is 2. The van der Waals surface area contributed by atoms with E-state index in [0.29, 0.717) is 6.07 Å². The lowest BCUT2D eigenvalue weighted by Crippen LogP contribution is -2.23. The monoisotopic (exact) mass is 336 g/mol. The van der Waals surface area contributed by atoms with E-state index < -0.39 is 29.6 Å². The Morgan fingerprint density at radius 2 is 1.67 bits per heavy atom. The molecular formula is C9H3BrF6O2. The molecular weight excluding hydrogens is 334 g/mol. The highest BCUT2D eigenvalue weighted by Gasteiger charge is 2.40. The zero-order valence-electron chi connectivity index (χ0n) is 8.19. The normalized spacial score (nSPS) is 12.4. The third-order valence-corrected chi connectivity index (χ3v) is 2.33. The van der Waals surface area contributed by atoms with Gasteiger partial charge in [0.2, 0.25) is 0 Å². The second-order valence-electron chi connectivity index (χ2n) is 3.02. The summed E-state index contributed by atoms with van der Waals surface area (Å²) in [5.41, 5.74) is -0.940. The summed E-state index contributed by atoms with van der Waals surface area (Å²) in [4.78, 5) is 10.8.